The number of halogens is 2. The molecule has 0 saturated carbocycles. The molecular formula is C32H26Br2N10. The van der Waals surface area contributed by atoms with E-state index in [1.807, 2.05) is 96.0 Å². The summed E-state index contributed by atoms with van der Waals surface area (Å²) < 4.78 is 5.92. The third-order valence-corrected chi connectivity index (χ3v) is 9.35. The number of aromatic nitrogens is 4. The lowest BCUT2D eigenvalue weighted by molar-refractivity contribution is 0.208. The number of nitrogens with zero attached hydrogens (tertiary/aromatic N) is 6. The SMILES string of the molecule is Cn1c(N=C2NC3(c4ccc(Br)cc4)NC(=Nc4nc5ccccc5n4C)NC3(c3ccc(Br)cc3)N2)nc2ccccc21. The van der Waals surface area contributed by atoms with E-state index in [1.165, 1.54) is 0 Å². The summed E-state index contributed by atoms with van der Waals surface area (Å²) in [5, 5.41) is 14.8. The fraction of sp³-hybridized carbons (Fsp3) is 0.125. The quantitative estimate of drug-likeness (QED) is 0.186. The Hall–Kier alpha value is -4.68. The zero-order chi connectivity index (χ0) is 30.1. The van der Waals surface area contributed by atoms with E-state index >= 15 is 0 Å². The minimum Gasteiger partial charge on any atom is -0.325 e. The summed E-state index contributed by atoms with van der Waals surface area (Å²) in [5.74, 6) is 2.26. The zero-order valence-electron chi connectivity index (χ0n) is 23.7. The molecule has 0 amide bonds. The van der Waals surface area contributed by atoms with Crippen molar-refractivity contribution < 1.29 is 0 Å². The number of rotatable bonds is 4. The molecule has 12 heteroatoms. The molecule has 4 aromatic carbocycles. The highest BCUT2D eigenvalue weighted by molar-refractivity contribution is 9.10. The standard InChI is InChI=1S/C32H26Br2N10/c1-43-25-9-5-3-7-23(25)35-29(43)37-27-39-31(19-11-15-21(33)16-12-19)32(40-27,20-13-17-22(34)18-14-20)42-28(41-31)38-30-36-24-8-4-6-10-26(24)44(30)2/h3-18H,1-2H3,(H2,35,37,39,40)(H2,36,38,41,42). The van der Waals surface area contributed by atoms with E-state index in [9.17, 15) is 0 Å². The first-order valence-electron chi connectivity index (χ1n) is 14.0. The highest BCUT2D eigenvalue weighted by Gasteiger charge is 2.65. The van der Waals surface area contributed by atoms with Crippen LogP contribution in [-0.4, -0.2) is 31.0 Å². The van der Waals surface area contributed by atoms with E-state index in [0.717, 1.165) is 42.1 Å². The predicted molar refractivity (Wildman–Crippen MR) is 180 cm³/mol. The van der Waals surface area contributed by atoms with Crippen LogP contribution in [0.1, 0.15) is 11.1 Å². The first-order valence-corrected chi connectivity index (χ1v) is 15.6. The van der Waals surface area contributed by atoms with Crippen molar-refractivity contribution in [2.75, 3.05) is 0 Å². The monoisotopic (exact) mass is 708 g/mol. The number of benzene rings is 4. The molecule has 10 nitrogen and oxygen atoms in total. The average molecular weight is 710 g/mol. The molecule has 2 aliphatic rings. The molecule has 2 aliphatic heterocycles. The van der Waals surface area contributed by atoms with Gasteiger partial charge < -0.3 is 30.4 Å². The molecule has 2 saturated heterocycles. The highest BCUT2D eigenvalue weighted by atomic mass is 79.9. The summed E-state index contributed by atoms with van der Waals surface area (Å²) in [6, 6.07) is 32.5. The summed E-state index contributed by atoms with van der Waals surface area (Å²) in [6.07, 6.45) is 0. The van der Waals surface area contributed by atoms with Crippen molar-refractivity contribution in [3.8, 4) is 0 Å². The molecule has 2 fully saturated rings. The van der Waals surface area contributed by atoms with E-state index in [4.69, 9.17) is 20.0 Å². The fourth-order valence-corrected chi connectivity index (χ4v) is 6.64. The largest absolute Gasteiger partial charge is 0.325 e. The second-order valence-electron chi connectivity index (χ2n) is 10.9. The van der Waals surface area contributed by atoms with Crippen molar-refractivity contribution in [1.82, 2.24) is 40.4 Å². The summed E-state index contributed by atoms with van der Waals surface area (Å²) in [7, 11) is 3.94. The van der Waals surface area contributed by atoms with Gasteiger partial charge in [-0.2, -0.15) is 9.98 Å². The minimum atomic E-state index is -0.950. The lowest BCUT2D eigenvalue weighted by Crippen LogP contribution is -2.60. The number of nitrogens with one attached hydrogen (secondary N) is 4. The van der Waals surface area contributed by atoms with Crippen molar-refractivity contribution in [1.29, 1.82) is 0 Å². The number of fused-ring (bicyclic) bond motifs is 3. The molecule has 0 unspecified atom stereocenters. The first kappa shape index (κ1) is 26.9. The Kier molecular flexibility index (Phi) is 6.07. The molecule has 0 spiro atoms. The van der Waals surface area contributed by atoms with E-state index in [0.29, 0.717) is 23.8 Å². The topological polar surface area (TPSA) is 108 Å². The molecule has 0 aliphatic carbocycles. The average Bonchev–Trinajstić information content (AvgIpc) is 3.71. The van der Waals surface area contributed by atoms with Gasteiger partial charge in [0, 0.05) is 34.2 Å². The van der Waals surface area contributed by atoms with Crippen molar-refractivity contribution in [2.45, 2.75) is 11.3 Å². The van der Waals surface area contributed by atoms with Crippen LogP contribution >= 0.6 is 31.9 Å². The third kappa shape index (κ3) is 4.05. The third-order valence-electron chi connectivity index (χ3n) is 8.29. The zero-order valence-corrected chi connectivity index (χ0v) is 26.8. The summed E-state index contributed by atoms with van der Waals surface area (Å²) in [4.78, 5) is 19.6. The normalized spacial score (nSPS) is 20.6. The number of hydrogen-bond donors (Lipinski definition) is 4. The van der Waals surface area contributed by atoms with Gasteiger partial charge in [0.1, 0.15) is 0 Å². The Bertz CT molecular complexity index is 1960. The van der Waals surface area contributed by atoms with Crippen molar-refractivity contribution in [2.24, 2.45) is 24.1 Å². The van der Waals surface area contributed by atoms with Crippen LogP contribution in [0, 0.1) is 0 Å². The van der Waals surface area contributed by atoms with Gasteiger partial charge >= 0.3 is 0 Å². The van der Waals surface area contributed by atoms with Gasteiger partial charge in [-0.05, 0) is 48.5 Å². The number of imidazole rings is 2. The number of aryl methyl sites for hydroxylation is 2. The van der Waals surface area contributed by atoms with E-state index < -0.39 is 11.3 Å². The van der Waals surface area contributed by atoms with Gasteiger partial charge in [-0.1, -0.05) is 80.4 Å². The van der Waals surface area contributed by atoms with Gasteiger partial charge in [-0.15, -0.1) is 0 Å². The molecule has 44 heavy (non-hydrogen) atoms. The predicted octanol–water partition coefficient (Wildman–Crippen LogP) is 5.75. The second kappa shape index (κ2) is 9.93. The maximum Gasteiger partial charge on any atom is 0.233 e. The molecule has 2 aromatic heterocycles. The van der Waals surface area contributed by atoms with Crippen LogP contribution in [0.2, 0.25) is 0 Å². The van der Waals surface area contributed by atoms with Crippen molar-refractivity contribution in [3.05, 3.63) is 117 Å². The minimum absolute atomic E-state index is 0.552. The molecule has 0 radical (unpaired) electrons. The van der Waals surface area contributed by atoms with Crippen LogP contribution in [0.15, 0.2) is 116 Å². The first-order chi connectivity index (χ1) is 21.3. The van der Waals surface area contributed by atoms with Crippen LogP contribution in [0.25, 0.3) is 22.1 Å². The second-order valence-corrected chi connectivity index (χ2v) is 12.7. The molecule has 6 aromatic rings. The number of hydrogen-bond acceptors (Lipinski definition) is 4. The maximum atomic E-state index is 5.00. The molecule has 8 rings (SSSR count). The lowest BCUT2D eigenvalue weighted by atomic mass is 9.83. The van der Waals surface area contributed by atoms with Crippen LogP contribution in [0.4, 0.5) is 11.9 Å². The highest BCUT2D eigenvalue weighted by Crippen LogP contribution is 2.44. The Morgan fingerprint density at radius 1 is 0.545 bits per heavy atom. The Balaban J connectivity index is 1.32. The smallest absolute Gasteiger partial charge is 0.233 e. The van der Waals surface area contributed by atoms with E-state index in [2.05, 4.69) is 77.4 Å². The molecule has 4 heterocycles. The van der Waals surface area contributed by atoms with Crippen LogP contribution in [-0.2, 0) is 25.4 Å². The molecule has 0 bridgehead atoms. The van der Waals surface area contributed by atoms with Crippen molar-refractivity contribution in [3.63, 3.8) is 0 Å². The number of para-hydroxylation sites is 4. The van der Waals surface area contributed by atoms with Gasteiger partial charge in [0.05, 0.1) is 22.1 Å². The molecular weight excluding hydrogens is 684 g/mol. The Morgan fingerprint density at radius 3 is 1.27 bits per heavy atom. The lowest BCUT2D eigenvalue weighted by Gasteiger charge is -2.38. The van der Waals surface area contributed by atoms with Gasteiger partial charge in [-0.3, -0.25) is 0 Å². The van der Waals surface area contributed by atoms with Crippen molar-refractivity contribution >= 4 is 77.7 Å². The van der Waals surface area contributed by atoms with E-state index in [1.54, 1.807) is 0 Å². The van der Waals surface area contributed by atoms with Gasteiger partial charge in [0.2, 0.25) is 23.8 Å². The summed E-state index contributed by atoms with van der Waals surface area (Å²) in [5.41, 5.74) is 3.80. The fourth-order valence-electron chi connectivity index (χ4n) is 6.11. The summed E-state index contributed by atoms with van der Waals surface area (Å²) >= 11 is 7.21. The van der Waals surface area contributed by atoms with Crippen LogP contribution in [0.5, 0.6) is 0 Å². The molecule has 4 N–H and O–H groups in total. The van der Waals surface area contributed by atoms with Gasteiger partial charge in [-0.25, -0.2) is 9.97 Å². The van der Waals surface area contributed by atoms with Crippen LogP contribution in [0.3, 0.4) is 0 Å². The van der Waals surface area contributed by atoms with E-state index in [-0.39, 0.29) is 0 Å². The van der Waals surface area contributed by atoms with Gasteiger partial charge in [0.25, 0.3) is 0 Å². The Morgan fingerprint density at radius 2 is 0.909 bits per heavy atom. The van der Waals surface area contributed by atoms with Gasteiger partial charge in [0.15, 0.2) is 11.3 Å². The summed E-state index contributed by atoms with van der Waals surface area (Å²) in [6.45, 7) is 0. The molecule has 0 atom stereocenters. The maximum absolute atomic E-state index is 5.00. The Labute approximate surface area is 269 Å². The number of aliphatic imine (C=N–C) groups is 2. The molecule has 218 valence electrons. The van der Waals surface area contributed by atoms with Crippen LogP contribution < -0.4 is 21.3 Å². The number of guanidine groups is 2.